The summed E-state index contributed by atoms with van der Waals surface area (Å²) in [5.41, 5.74) is -0.339. The SMILES string of the molecule is CCCCCCNC(=O)Cn1cnc2c1c(=O)n(C)c(=O)n2C. The fraction of sp³-hybridized carbons (Fsp3) is 0.600. The first kappa shape index (κ1) is 17.0. The van der Waals surface area contributed by atoms with Crippen LogP contribution in [0.5, 0.6) is 0 Å². The Morgan fingerprint density at radius 3 is 2.61 bits per heavy atom. The molecule has 0 atom stereocenters. The van der Waals surface area contributed by atoms with Crippen LogP contribution in [0.1, 0.15) is 32.6 Å². The molecule has 0 aromatic carbocycles. The summed E-state index contributed by atoms with van der Waals surface area (Å²) in [7, 11) is 2.96. The molecule has 1 amide bonds. The number of unbranched alkanes of at least 4 members (excludes halogenated alkanes) is 3. The average molecular weight is 321 g/mol. The molecule has 0 fully saturated rings. The number of hydrogen-bond acceptors (Lipinski definition) is 4. The van der Waals surface area contributed by atoms with Crippen molar-refractivity contribution in [2.75, 3.05) is 6.54 Å². The highest BCUT2D eigenvalue weighted by Crippen LogP contribution is 2.05. The van der Waals surface area contributed by atoms with Crippen molar-refractivity contribution in [2.45, 2.75) is 39.2 Å². The Hall–Kier alpha value is -2.38. The van der Waals surface area contributed by atoms with E-state index in [0.717, 1.165) is 30.3 Å². The number of amides is 1. The second kappa shape index (κ2) is 7.26. The summed E-state index contributed by atoms with van der Waals surface area (Å²) in [4.78, 5) is 40.2. The number of aromatic nitrogens is 4. The highest BCUT2D eigenvalue weighted by atomic mass is 16.2. The third-order valence-corrected chi connectivity index (χ3v) is 3.88. The van der Waals surface area contributed by atoms with Crippen LogP contribution in [0.4, 0.5) is 0 Å². The Morgan fingerprint density at radius 2 is 1.91 bits per heavy atom. The molecule has 2 rings (SSSR count). The Morgan fingerprint density at radius 1 is 1.17 bits per heavy atom. The van der Waals surface area contributed by atoms with Crippen LogP contribution in [-0.2, 0) is 25.4 Å². The first-order chi connectivity index (χ1) is 11.0. The molecule has 0 aliphatic carbocycles. The van der Waals surface area contributed by atoms with E-state index in [1.54, 1.807) is 7.05 Å². The number of nitrogens with zero attached hydrogens (tertiary/aromatic N) is 4. The van der Waals surface area contributed by atoms with Crippen LogP contribution in [-0.4, -0.2) is 31.1 Å². The number of carbonyl (C=O) groups excluding carboxylic acids is 1. The highest BCUT2D eigenvalue weighted by Gasteiger charge is 2.15. The normalized spacial score (nSPS) is 11.1. The maximum absolute atomic E-state index is 12.3. The lowest BCUT2D eigenvalue weighted by Gasteiger charge is -2.07. The third-order valence-electron chi connectivity index (χ3n) is 3.88. The summed E-state index contributed by atoms with van der Waals surface area (Å²) in [6, 6.07) is 0. The number of aryl methyl sites for hydroxylation is 1. The second-order valence-corrected chi connectivity index (χ2v) is 5.66. The minimum Gasteiger partial charge on any atom is -0.355 e. The smallest absolute Gasteiger partial charge is 0.332 e. The summed E-state index contributed by atoms with van der Waals surface area (Å²) >= 11 is 0. The number of imidazole rings is 1. The lowest BCUT2D eigenvalue weighted by molar-refractivity contribution is -0.121. The molecule has 2 heterocycles. The molecule has 2 aromatic heterocycles. The fourth-order valence-corrected chi connectivity index (χ4v) is 2.51. The van der Waals surface area contributed by atoms with E-state index in [4.69, 9.17) is 0 Å². The van der Waals surface area contributed by atoms with Crippen molar-refractivity contribution in [3.8, 4) is 0 Å². The molecule has 0 aliphatic rings. The van der Waals surface area contributed by atoms with Crippen molar-refractivity contribution in [1.82, 2.24) is 24.0 Å². The van der Waals surface area contributed by atoms with Gasteiger partial charge in [0.2, 0.25) is 5.91 Å². The van der Waals surface area contributed by atoms with E-state index < -0.39 is 11.2 Å². The number of rotatable bonds is 7. The Balaban J connectivity index is 2.14. The molecular formula is C15H23N5O3. The van der Waals surface area contributed by atoms with Crippen molar-refractivity contribution in [2.24, 2.45) is 14.1 Å². The minimum absolute atomic E-state index is 0.0116. The monoisotopic (exact) mass is 321 g/mol. The molecule has 0 saturated heterocycles. The zero-order valence-electron chi connectivity index (χ0n) is 13.8. The first-order valence-electron chi connectivity index (χ1n) is 7.85. The van der Waals surface area contributed by atoms with Crippen LogP contribution in [0.25, 0.3) is 11.2 Å². The summed E-state index contributed by atoms with van der Waals surface area (Å²) in [6.07, 6.45) is 5.76. The van der Waals surface area contributed by atoms with Crippen LogP contribution >= 0.6 is 0 Å². The molecule has 23 heavy (non-hydrogen) atoms. The van der Waals surface area contributed by atoms with Gasteiger partial charge in [-0.2, -0.15) is 0 Å². The van der Waals surface area contributed by atoms with E-state index in [1.165, 1.54) is 22.5 Å². The molecule has 126 valence electrons. The van der Waals surface area contributed by atoms with Crippen molar-refractivity contribution in [3.05, 3.63) is 27.2 Å². The first-order valence-corrected chi connectivity index (χ1v) is 7.85. The van der Waals surface area contributed by atoms with Gasteiger partial charge < -0.3 is 9.88 Å². The van der Waals surface area contributed by atoms with E-state index in [2.05, 4.69) is 17.2 Å². The van der Waals surface area contributed by atoms with E-state index in [1.807, 2.05) is 0 Å². The molecule has 0 saturated carbocycles. The van der Waals surface area contributed by atoms with Gasteiger partial charge in [0.15, 0.2) is 11.2 Å². The molecular weight excluding hydrogens is 298 g/mol. The van der Waals surface area contributed by atoms with E-state index >= 15 is 0 Å². The highest BCUT2D eigenvalue weighted by molar-refractivity contribution is 5.78. The van der Waals surface area contributed by atoms with Gasteiger partial charge in [-0.3, -0.25) is 18.7 Å². The van der Waals surface area contributed by atoms with E-state index in [9.17, 15) is 14.4 Å². The Bertz CT molecular complexity index is 815. The number of nitrogens with one attached hydrogen (secondary N) is 1. The van der Waals surface area contributed by atoms with Gasteiger partial charge in [0.05, 0.1) is 6.33 Å². The van der Waals surface area contributed by atoms with Gasteiger partial charge in [-0.25, -0.2) is 9.78 Å². The fourth-order valence-electron chi connectivity index (χ4n) is 2.51. The van der Waals surface area contributed by atoms with Gasteiger partial charge in [0.25, 0.3) is 5.56 Å². The molecule has 0 unspecified atom stereocenters. The molecule has 1 N–H and O–H groups in total. The third kappa shape index (κ3) is 3.52. The van der Waals surface area contributed by atoms with Gasteiger partial charge in [-0.1, -0.05) is 26.2 Å². The van der Waals surface area contributed by atoms with Crippen LogP contribution in [0, 0.1) is 0 Å². The van der Waals surface area contributed by atoms with Crippen molar-refractivity contribution in [1.29, 1.82) is 0 Å². The number of hydrogen-bond donors (Lipinski definition) is 1. The Labute approximate surface area is 133 Å². The van der Waals surface area contributed by atoms with Crippen LogP contribution in [0.2, 0.25) is 0 Å². The molecule has 0 radical (unpaired) electrons. The molecule has 0 bridgehead atoms. The quantitative estimate of drug-likeness (QED) is 0.734. The summed E-state index contributed by atoms with van der Waals surface area (Å²) in [5.74, 6) is -0.170. The van der Waals surface area contributed by atoms with Crippen molar-refractivity contribution in [3.63, 3.8) is 0 Å². The molecule has 8 heteroatoms. The van der Waals surface area contributed by atoms with Crippen molar-refractivity contribution >= 4 is 17.1 Å². The average Bonchev–Trinajstić information content (AvgIpc) is 2.94. The maximum atomic E-state index is 12.3. The molecule has 0 aliphatic heterocycles. The molecule has 8 nitrogen and oxygen atoms in total. The molecule has 0 spiro atoms. The summed E-state index contributed by atoms with van der Waals surface area (Å²) in [5, 5.41) is 2.84. The van der Waals surface area contributed by atoms with Gasteiger partial charge in [-0.15, -0.1) is 0 Å². The van der Waals surface area contributed by atoms with Crippen molar-refractivity contribution < 1.29 is 4.79 Å². The zero-order chi connectivity index (χ0) is 17.0. The topological polar surface area (TPSA) is 90.9 Å². The van der Waals surface area contributed by atoms with Gasteiger partial charge in [0.1, 0.15) is 6.54 Å². The number of carbonyl (C=O) groups is 1. The summed E-state index contributed by atoms with van der Waals surface area (Å²) < 4.78 is 3.80. The van der Waals surface area contributed by atoms with Gasteiger partial charge in [-0.05, 0) is 6.42 Å². The Kier molecular flexibility index (Phi) is 5.36. The standard InChI is InChI=1S/C15H23N5O3/c1-4-5-6-7-8-16-11(21)9-20-10-17-13-12(20)14(22)19(3)15(23)18(13)2/h10H,4-9H2,1-3H3,(H,16,21). The predicted octanol–water partition coefficient (Wildman–Crippen LogP) is 0.130. The zero-order valence-corrected chi connectivity index (χ0v) is 13.8. The lowest BCUT2D eigenvalue weighted by atomic mass is 10.2. The van der Waals surface area contributed by atoms with Crippen LogP contribution < -0.4 is 16.6 Å². The molecule has 2 aromatic rings. The van der Waals surface area contributed by atoms with Crippen LogP contribution in [0.3, 0.4) is 0 Å². The lowest BCUT2D eigenvalue weighted by Crippen LogP contribution is -2.38. The van der Waals surface area contributed by atoms with Gasteiger partial charge >= 0.3 is 5.69 Å². The maximum Gasteiger partial charge on any atom is 0.332 e. The van der Waals surface area contributed by atoms with E-state index in [-0.39, 0.29) is 23.6 Å². The van der Waals surface area contributed by atoms with E-state index in [0.29, 0.717) is 6.54 Å². The predicted molar refractivity (Wildman–Crippen MR) is 87.4 cm³/mol. The van der Waals surface area contributed by atoms with Crippen LogP contribution in [0.15, 0.2) is 15.9 Å². The van der Waals surface area contributed by atoms with Gasteiger partial charge in [0, 0.05) is 20.6 Å². The number of fused-ring (bicyclic) bond motifs is 1. The minimum atomic E-state index is -0.448. The summed E-state index contributed by atoms with van der Waals surface area (Å²) in [6.45, 7) is 2.77. The second-order valence-electron chi connectivity index (χ2n) is 5.66. The largest absolute Gasteiger partial charge is 0.355 e.